The summed E-state index contributed by atoms with van der Waals surface area (Å²) < 4.78 is 10.9. The maximum atomic E-state index is 12.4. The van der Waals surface area contributed by atoms with Gasteiger partial charge >= 0.3 is 12.0 Å². The third kappa shape index (κ3) is 3.70. The molecule has 1 aliphatic heterocycles. The van der Waals surface area contributed by atoms with E-state index in [9.17, 15) is 14.7 Å². The number of hydrogen-bond donors (Lipinski definition) is 2. The molecule has 7 heteroatoms. The van der Waals surface area contributed by atoms with Crippen LogP contribution in [-0.4, -0.2) is 67.1 Å². The zero-order valence-corrected chi connectivity index (χ0v) is 13.4. The number of carboxylic acids is 1. The summed E-state index contributed by atoms with van der Waals surface area (Å²) in [5.41, 5.74) is 0. The normalized spacial score (nSPS) is 34.9. The van der Waals surface area contributed by atoms with Crippen LogP contribution in [0.5, 0.6) is 0 Å². The lowest BCUT2D eigenvalue weighted by atomic mass is 9.85. The van der Waals surface area contributed by atoms with Gasteiger partial charge in [-0.25, -0.2) is 4.79 Å². The van der Waals surface area contributed by atoms with Gasteiger partial charge in [-0.15, -0.1) is 0 Å². The lowest BCUT2D eigenvalue weighted by Gasteiger charge is -2.44. The zero-order valence-electron chi connectivity index (χ0n) is 13.4. The van der Waals surface area contributed by atoms with E-state index in [0.717, 1.165) is 6.42 Å². The van der Waals surface area contributed by atoms with Crippen molar-refractivity contribution in [2.75, 3.05) is 26.8 Å². The number of carbonyl (C=O) groups is 2. The standard InChI is InChI=1S/C15H26N2O5/c1-4-22-12-6-11(13(12)21-3)16-15(20)17-7-9(2)5-10(8-17)14(18)19/h9-13H,4-8H2,1-3H3,(H,16,20)(H,18,19). The van der Waals surface area contributed by atoms with Gasteiger partial charge in [0, 0.05) is 26.8 Å². The van der Waals surface area contributed by atoms with E-state index in [4.69, 9.17) is 9.47 Å². The van der Waals surface area contributed by atoms with Gasteiger partial charge in [-0.1, -0.05) is 6.92 Å². The first kappa shape index (κ1) is 17.0. The number of carboxylic acid groups (broad SMARTS) is 1. The largest absolute Gasteiger partial charge is 0.481 e. The second-order valence-electron chi connectivity index (χ2n) is 6.27. The molecule has 1 aliphatic carbocycles. The number of nitrogens with zero attached hydrogens (tertiary/aromatic N) is 1. The quantitative estimate of drug-likeness (QED) is 0.788. The van der Waals surface area contributed by atoms with E-state index in [1.165, 1.54) is 0 Å². The molecule has 0 aromatic carbocycles. The van der Waals surface area contributed by atoms with Gasteiger partial charge in [-0.05, 0) is 25.7 Å². The van der Waals surface area contributed by atoms with E-state index in [-0.39, 0.29) is 36.7 Å². The molecule has 2 amide bonds. The number of urea groups is 1. The van der Waals surface area contributed by atoms with E-state index in [1.807, 2.05) is 13.8 Å². The van der Waals surface area contributed by atoms with Crippen LogP contribution in [0.4, 0.5) is 4.79 Å². The minimum absolute atomic E-state index is 0.0207. The van der Waals surface area contributed by atoms with Gasteiger partial charge < -0.3 is 24.8 Å². The van der Waals surface area contributed by atoms with Crippen LogP contribution in [0.3, 0.4) is 0 Å². The number of rotatable bonds is 5. The molecular weight excluding hydrogens is 288 g/mol. The first-order valence-corrected chi connectivity index (χ1v) is 7.88. The molecule has 126 valence electrons. The number of likely N-dealkylation sites (tertiary alicyclic amines) is 1. The summed E-state index contributed by atoms with van der Waals surface area (Å²) in [6.45, 7) is 5.39. The van der Waals surface area contributed by atoms with Gasteiger partial charge in [0.1, 0.15) is 6.10 Å². The fourth-order valence-electron chi connectivity index (χ4n) is 3.36. The van der Waals surface area contributed by atoms with Gasteiger partial charge in [-0.3, -0.25) is 4.79 Å². The van der Waals surface area contributed by atoms with Crippen molar-refractivity contribution >= 4 is 12.0 Å². The van der Waals surface area contributed by atoms with Crippen LogP contribution < -0.4 is 5.32 Å². The molecule has 2 rings (SSSR count). The van der Waals surface area contributed by atoms with E-state index < -0.39 is 11.9 Å². The van der Waals surface area contributed by atoms with E-state index in [1.54, 1.807) is 12.0 Å². The Morgan fingerprint density at radius 1 is 1.32 bits per heavy atom. The van der Waals surface area contributed by atoms with E-state index in [0.29, 0.717) is 19.6 Å². The van der Waals surface area contributed by atoms with Crippen molar-refractivity contribution in [3.8, 4) is 0 Å². The Bertz CT molecular complexity index is 417. The van der Waals surface area contributed by atoms with Crippen LogP contribution in [0, 0.1) is 11.8 Å². The van der Waals surface area contributed by atoms with Crippen molar-refractivity contribution in [3.05, 3.63) is 0 Å². The Labute approximate surface area is 130 Å². The first-order valence-electron chi connectivity index (χ1n) is 7.88. The molecule has 1 saturated heterocycles. The Kier molecular flexibility index (Phi) is 5.63. The zero-order chi connectivity index (χ0) is 16.3. The molecule has 5 unspecified atom stereocenters. The number of amides is 2. The topological polar surface area (TPSA) is 88.1 Å². The second-order valence-corrected chi connectivity index (χ2v) is 6.27. The second kappa shape index (κ2) is 7.28. The van der Waals surface area contributed by atoms with Crippen molar-refractivity contribution in [3.63, 3.8) is 0 Å². The molecule has 0 radical (unpaired) electrons. The summed E-state index contributed by atoms with van der Waals surface area (Å²) in [4.78, 5) is 25.1. The molecule has 1 heterocycles. The Morgan fingerprint density at radius 3 is 2.64 bits per heavy atom. The van der Waals surface area contributed by atoms with Crippen LogP contribution in [0.2, 0.25) is 0 Å². The molecule has 5 atom stereocenters. The van der Waals surface area contributed by atoms with Gasteiger partial charge in [0.25, 0.3) is 0 Å². The number of nitrogens with one attached hydrogen (secondary N) is 1. The maximum Gasteiger partial charge on any atom is 0.317 e. The minimum atomic E-state index is -0.834. The third-order valence-electron chi connectivity index (χ3n) is 4.51. The monoisotopic (exact) mass is 314 g/mol. The molecule has 1 saturated carbocycles. The first-order chi connectivity index (χ1) is 10.5. The Balaban J connectivity index is 1.88. The smallest absolute Gasteiger partial charge is 0.317 e. The van der Waals surface area contributed by atoms with Gasteiger partial charge in [-0.2, -0.15) is 0 Å². The van der Waals surface area contributed by atoms with E-state index >= 15 is 0 Å². The number of ether oxygens (including phenoxy) is 2. The van der Waals surface area contributed by atoms with Crippen molar-refractivity contribution in [1.29, 1.82) is 0 Å². The third-order valence-corrected chi connectivity index (χ3v) is 4.51. The molecule has 0 aromatic rings. The summed E-state index contributed by atoms with van der Waals surface area (Å²) >= 11 is 0. The molecular formula is C15H26N2O5. The summed E-state index contributed by atoms with van der Waals surface area (Å²) in [6.07, 6.45) is 1.23. The van der Waals surface area contributed by atoms with Crippen molar-refractivity contribution in [1.82, 2.24) is 10.2 Å². The molecule has 0 aromatic heterocycles. The number of hydrogen-bond acceptors (Lipinski definition) is 4. The van der Waals surface area contributed by atoms with Gasteiger partial charge in [0.15, 0.2) is 0 Å². The fraction of sp³-hybridized carbons (Fsp3) is 0.867. The summed E-state index contributed by atoms with van der Waals surface area (Å²) in [7, 11) is 1.61. The lowest BCUT2D eigenvalue weighted by molar-refractivity contribution is -0.143. The van der Waals surface area contributed by atoms with Crippen molar-refractivity contribution in [2.24, 2.45) is 11.8 Å². The van der Waals surface area contributed by atoms with Crippen LogP contribution >= 0.6 is 0 Å². The molecule has 2 N–H and O–H groups in total. The molecule has 2 aliphatic rings. The highest BCUT2D eigenvalue weighted by Crippen LogP contribution is 2.28. The average Bonchev–Trinajstić information content (AvgIpc) is 2.45. The Morgan fingerprint density at radius 2 is 2.05 bits per heavy atom. The average molecular weight is 314 g/mol. The van der Waals surface area contributed by atoms with Crippen LogP contribution in [0.25, 0.3) is 0 Å². The van der Waals surface area contributed by atoms with Crippen molar-refractivity contribution in [2.45, 2.75) is 44.9 Å². The highest BCUT2D eigenvalue weighted by Gasteiger charge is 2.44. The molecule has 0 bridgehead atoms. The summed E-state index contributed by atoms with van der Waals surface area (Å²) in [5.74, 6) is -1.12. The minimum Gasteiger partial charge on any atom is -0.481 e. The number of carbonyl (C=O) groups excluding carboxylic acids is 1. The van der Waals surface area contributed by atoms with Gasteiger partial charge in [0.05, 0.1) is 18.1 Å². The van der Waals surface area contributed by atoms with E-state index in [2.05, 4.69) is 5.32 Å². The number of piperidine rings is 1. The predicted molar refractivity (Wildman–Crippen MR) is 79.6 cm³/mol. The Hall–Kier alpha value is -1.34. The fourth-order valence-corrected chi connectivity index (χ4v) is 3.36. The molecule has 2 fully saturated rings. The summed E-state index contributed by atoms with van der Waals surface area (Å²) in [5, 5.41) is 12.1. The molecule has 0 spiro atoms. The van der Waals surface area contributed by atoms with Crippen LogP contribution in [-0.2, 0) is 14.3 Å². The van der Waals surface area contributed by atoms with Crippen LogP contribution in [0.15, 0.2) is 0 Å². The predicted octanol–water partition coefficient (Wildman–Crippen LogP) is 0.931. The van der Waals surface area contributed by atoms with Crippen LogP contribution in [0.1, 0.15) is 26.7 Å². The molecule has 22 heavy (non-hydrogen) atoms. The van der Waals surface area contributed by atoms with Crippen molar-refractivity contribution < 1.29 is 24.2 Å². The SMILES string of the molecule is CCOC1CC(NC(=O)N2CC(C)CC(C(=O)O)C2)C1OC. The highest BCUT2D eigenvalue weighted by atomic mass is 16.5. The number of methoxy groups -OCH3 is 1. The number of aliphatic carboxylic acids is 1. The lowest BCUT2D eigenvalue weighted by Crippen LogP contribution is -2.63. The summed E-state index contributed by atoms with van der Waals surface area (Å²) in [6, 6.07) is -0.283. The van der Waals surface area contributed by atoms with Gasteiger partial charge in [0.2, 0.25) is 0 Å². The molecule has 7 nitrogen and oxygen atoms in total. The maximum absolute atomic E-state index is 12.4. The highest BCUT2D eigenvalue weighted by molar-refractivity contribution is 5.77.